The summed E-state index contributed by atoms with van der Waals surface area (Å²) in [5.74, 6) is -0.958. The first kappa shape index (κ1) is 18.0. The van der Waals surface area contributed by atoms with Crippen molar-refractivity contribution in [1.29, 1.82) is 0 Å². The van der Waals surface area contributed by atoms with E-state index in [9.17, 15) is 14.0 Å². The van der Waals surface area contributed by atoms with E-state index in [4.69, 9.17) is 11.6 Å². The predicted molar refractivity (Wildman–Crippen MR) is 95.1 cm³/mol. The van der Waals surface area contributed by atoms with Crippen molar-refractivity contribution in [2.75, 3.05) is 18.4 Å². The maximum Gasteiger partial charge on any atom is 0.317 e. The van der Waals surface area contributed by atoms with Crippen molar-refractivity contribution in [3.8, 4) is 0 Å². The Morgan fingerprint density at radius 1 is 1.16 bits per heavy atom. The van der Waals surface area contributed by atoms with Crippen LogP contribution in [0.1, 0.15) is 38.5 Å². The third kappa shape index (κ3) is 4.63. The normalized spacial score (nSPS) is 21.2. The molecule has 1 aromatic rings. The van der Waals surface area contributed by atoms with Crippen molar-refractivity contribution in [2.45, 2.75) is 44.6 Å². The molecule has 3 rings (SSSR count). The first-order chi connectivity index (χ1) is 12.0. The van der Waals surface area contributed by atoms with Gasteiger partial charge in [0, 0.05) is 24.8 Å². The number of nitrogens with one attached hydrogen (secondary N) is 2. The number of hydrogen-bond donors (Lipinski definition) is 2. The Morgan fingerprint density at radius 2 is 1.92 bits per heavy atom. The molecule has 1 heterocycles. The monoisotopic (exact) mass is 367 g/mol. The van der Waals surface area contributed by atoms with Crippen LogP contribution in [-0.2, 0) is 4.79 Å². The lowest BCUT2D eigenvalue weighted by atomic mass is 9.97. The first-order valence-corrected chi connectivity index (χ1v) is 9.22. The number of urea groups is 1. The Morgan fingerprint density at radius 3 is 2.64 bits per heavy atom. The second-order valence-corrected chi connectivity index (χ2v) is 7.24. The zero-order chi connectivity index (χ0) is 17.8. The van der Waals surface area contributed by atoms with Crippen LogP contribution in [0.5, 0.6) is 0 Å². The topological polar surface area (TPSA) is 61.4 Å². The van der Waals surface area contributed by atoms with Crippen LogP contribution in [0.2, 0.25) is 5.02 Å². The van der Waals surface area contributed by atoms with Crippen molar-refractivity contribution in [1.82, 2.24) is 10.2 Å². The van der Waals surface area contributed by atoms with Crippen molar-refractivity contribution >= 4 is 29.2 Å². The van der Waals surface area contributed by atoms with Crippen molar-refractivity contribution < 1.29 is 14.0 Å². The maximum absolute atomic E-state index is 13.2. The van der Waals surface area contributed by atoms with Gasteiger partial charge in [0.25, 0.3) is 0 Å². The first-order valence-electron chi connectivity index (χ1n) is 8.84. The van der Waals surface area contributed by atoms with Crippen LogP contribution in [0.4, 0.5) is 14.9 Å². The number of piperidine rings is 1. The average molecular weight is 368 g/mol. The lowest BCUT2D eigenvalue weighted by molar-refractivity contribution is -0.121. The van der Waals surface area contributed by atoms with E-state index in [2.05, 4.69) is 10.6 Å². The van der Waals surface area contributed by atoms with Gasteiger partial charge in [-0.3, -0.25) is 4.79 Å². The number of likely N-dealkylation sites (tertiary alicyclic amines) is 1. The summed E-state index contributed by atoms with van der Waals surface area (Å²) in [6, 6.07) is 4.28. The number of anilines is 1. The van der Waals surface area contributed by atoms with E-state index in [1.807, 2.05) is 0 Å². The van der Waals surface area contributed by atoms with E-state index in [0.717, 1.165) is 38.5 Å². The Kier molecular flexibility index (Phi) is 5.78. The molecule has 136 valence electrons. The minimum Gasteiger partial charge on any atom is -0.335 e. The molecule has 1 atom stereocenters. The van der Waals surface area contributed by atoms with Crippen LogP contribution in [0.25, 0.3) is 0 Å². The highest BCUT2D eigenvalue weighted by Crippen LogP contribution is 2.23. The molecule has 2 aliphatic rings. The summed E-state index contributed by atoms with van der Waals surface area (Å²) in [4.78, 5) is 26.6. The lowest BCUT2D eigenvalue weighted by Gasteiger charge is -2.33. The summed E-state index contributed by atoms with van der Waals surface area (Å²) in [6.07, 6.45) is 5.92. The van der Waals surface area contributed by atoms with E-state index in [0.29, 0.717) is 18.8 Å². The van der Waals surface area contributed by atoms with E-state index in [1.165, 1.54) is 18.2 Å². The number of nitrogens with zero attached hydrogens (tertiary/aromatic N) is 1. The minimum atomic E-state index is -0.521. The van der Waals surface area contributed by atoms with Gasteiger partial charge in [-0.2, -0.15) is 0 Å². The molecule has 1 saturated carbocycles. The fraction of sp³-hybridized carbons (Fsp3) is 0.556. The number of hydrogen-bond acceptors (Lipinski definition) is 2. The molecule has 1 saturated heterocycles. The highest BCUT2D eigenvalue weighted by atomic mass is 35.5. The van der Waals surface area contributed by atoms with Gasteiger partial charge in [0.1, 0.15) is 5.82 Å². The Bertz CT molecular complexity index is 649. The van der Waals surface area contributed by atoms with Crippen LogP contribution in [0, 0.1) is 11.7 Å². The van der Waals surface area contributed by atoms with Gasteiger partial charge in [-0.15, -0.1) is 0 Å². The summed E-state index contributed by atoms with van der Waals surface area (Å²) in [5, 5.41) is 5.80. The molecule has 7 heteroatoms. The standard InChI is InChI=1S/C18H23ClFN3O2/c19-15-10-14(7-8-16(15)20)21-17(24)12-4-3-9-23(11-12)18(25)22-13-5-1-2-6-13/h7-8,10,12-13H,1-6,9,11H2,(H,21,24)(H,22,25). The molecule has 1 unspecified atom stereocenters. The number of rotatable bonds is 3. The van der Waals surface area contributed by atoms with E-state index in [-0.39, 0.29) is 28.9 Å². The van der Waals surface area contributed by atoms with Gasteiger partial charge in [0.15, 0.2) is 0 Å². The van der Waals surface area contributed by atoms with Crippen LogP contribution in [0.3, 0.4) is 0 Å². The minimum absolute atomic E-state index is 0.0287. The summed E-state index contributed by atoms with van der Waals surface area (Å²) in [5.41, 5.74) is 0.462. The zero-order valence-electron chi connectivity index (χ0n) is 14.1. The zero-order valence-corrected chi connectivity index (χ0v) is 14.8. The third-order valence-corrected chi connectivity index (χ3v) is 5.24. The highest BCUT2D eigenvalue weighted by Gasteiger charge is 2.29. The van der Waals surface area contributed by atoms with Gasteiger partial charge in [0.05, 0.1) is 10.9 Å². The van der Waals surface area contributed by atoms with Gasteiger partial charge in [0.2, 0.25) is 5.91 Å². The Labute approximate surface area is 151 Å². The molecule has 2 N–H and O–H groups in total. The van der Waals surface area contributed by atoms with Crippen LogP contribution >= 0.6 is 11.6 Å². The van der Waals surface area contributed by atoms with Crippen molar-refractivity contribution in [3.05, 3.63) is 29.0 Å². The van der Waals surface area contributed by atoms with Gasteiger partial charge in [-0.25, -0.2) is 9.18 Å². The third-order valence-electron chi connectivity index (χ3n) is 4.95. The molecule has 0 aromatic heterocycles. The van der Waals surface area contributed by atoms with Crippen molar-refractivity contribution in [2.24, 2.45) is 5.92 Å². The molecule has 5 nitrogen and oxygen atoms in total. The molecule has 1 aromatic carbocycles. The second kappa shape index (κ2) is 8.04. The summed E-state index contributed by atoms with van der Waals surface area (Å²) in [7, 11) is 0. The molecule has 0 radical (unpaired) electrons. The fourth-order valence-corrected chi connectivity index (χ4v) is 3.71. The van der Waals surface area contributed by atoms with Gasteiger partial charge in [-0.05, 0) is 43.9 Å². The number of carbonyl (C=O) groups is 2. The lowest BCUT2D eigenvalue weighted by Crippen LogP contribution is -2.49. The molecule has 3 amide bonds. The summed E-state index contributed by atoms with van der Waals surface area (Å²) >= 11 is 5.74. The van der Waals surface area contributed by atoms with Crippen LogP contribution in [-0.4, -0.2) is 36.0 Å². The van der Waals surface area contributed by atoms with Crippen LogP contribution in [0.15, 0.2) is 18.2 Å². The van der Waals surface area contributed by atoms with Crippen molar-refractivity contribution in [3.63, 3.8) is 0 Å². The Hall–Kier alpha value is -1.82. The van der Waals surface area contributed by atoms with Gasteiger partial charge in [-0.1, -0.05) is 24.4 Å². The molecule has 1 aliphatic heterocycles. The van der Waals surface area contributed by atoms with Crippen LogP contribution < -0.4 is 10.6 Å². The molecular formula is C18H23ClFN3O2. The number of benzene rings is 1. The summed E-state index contributed by atoms with van der Waals surface area (Å²) in [6.45, 7) is 1.07. The second-order valence-electron chi connectivity index (χ2n) is 6.83. The number of halogens is 2. The molecule has 1 aliphatic carbocycles. The number of carbonyl (C=O) groups excluding carboxylic acids is 2. The average Bonchev–Trinajstić information content (AvgIpc) is 3.11. The Balaban J connectivity index is 1.55. The molecule has 0 spiro atoms. The molecule has 2 fully saturated rings. The van der Waals surface area contributed by atoms with Gasteiger partial charge < -0.3 is 15.5 Å². The van der Waals surface area contributed by atoms with E-state index < -0.39 is 5.82 Å². The maximum atomic E-state index is 13.2. The molecule has 25 heavy (non-hydrogen) atoms. The highest BCUT2D eigenvalue weighted by molar-refractivity contribution is 6.31. The van der Waals surface area contributed by atoms with E-state index >= 15 is 0 Å². The predicted octanol–water partition coefficient (Wildman–Crippen LogP) is 3.78. The molecule has 0 bridgehead atoms. The molecular weight excluding hydrogens is 345 g/mol. The van der Waals surface area contributed by atoms with Gasteiger partial charge >= 0.3 is 6.03 Å². The van der Waals surface area contributed by atoms with E-state index in [1.54, 1.807) is 4.90 Å². The SMILES string of the molecule is O=C(Nc1ccc(F)c(Cl)c1)C1CCCN(C(=O)NC2CCCC2)C1. The quantitative estimate of drug-likeness (QED) is 0.854. The fourth-order valence-electron chi connectivity index (χ4n) is 3.53. The smallest absolute Gasteiger partial charge is 0.317 e. The summed E-state index contributed by atoms with van der Waals surface area (Å²) < 4.78 is 13.2. The number of amides is 3. The largest absolute Gasteiger partial charge is 0.335 e.